The fourth-order valence-corrected chi connectivity index (χ4v) is 12.8. The van der Waals surface area contributed by atoms with Crippen molar-refractivity contribution in [2.45, 2.75) is 90.0 Å². The van der Waals surface area contributed by atoms with Gasteiger partial charge >= 0.3 is 5.97 Å². The number of aliphatic hydroxyl groups excluding tert-OH is 1. The van der Waals surface area contributed by atoms with Crippen molar-refractivity contribution in [2.75, 3.05) is 54.4 Å². The summed E-state index contributed by atoms with van der Waals surface area (Å²) in [5.41, 5.74) is 8.59. The molecule has 6 heterocycles. The molecular formula is C57H63N9O6S. The standard InChI is InChI=1S/C57H63N9O6S/c1-34(32-64-27-29-65(30-28-64)46-14-7-12-42-51(62-63(3)53(42)46)43-22-24-50(67)60-55(43)69)31-36-17-19-38(20-18-36)72-47-15-8-10-39(35(47)2)40-21-23-49(59-52(40)56(70)71)66-26-25-37-9-6-11-41(44(37)33-66)54(68)61-57-58-45-13-4-5-16-48(45)73-57/h4-16,21,23,34,36,38,43,50,67H,17-20,22,24-33H2,1-3H3,(H,60,69)(H,70,71)(H,58,61,68)/t34-,36?,38?,43?,50?/m0/s1. The third-order valence-electron chi connectivity index (χ3n) is 15.7. The van der Waals surface area contributed by atoms with Gasteiger partial charge in [0.15, 0.2) is 10.8 Å². The van der Waals surface area contributed by atoms with E-state index >= 15 is 0 Å². The minimum Gasteiger partial charge on any atom is -0.490 e. The SMILES string of the molecule is Cc1c(OC2CCC(C[C@H](C)CN3CCN(c4cccc5c(C6CCC(O)NC6=O)nn(C)c45)CC3)CC2)cccc1-c1ccc(N2CCc3cccc(C(=O)Nc4nc5ccccc5s4)c3C2)nc1C(=O)O. The van der Waals surface area contributed by atoms with Gasteiger partial charge in [0, 0.05) is 69.4 Å². The molecule has 16 heteroatoms. The zero-order chi connectivity index (χ0) is 50.3. The van der Waals surface area contributed by atoms with Gasteiger partial charge in [-0.15, -0.1) is 0 Å². The second-order valence-electron chi connectivity index (χ2n) is 20.6. The van der Waals surface area contributed by atoms with Gasteiger partial charge in [0.05, 0.1) is 39.1 Å². The lowest BCUT2D eigenvalue weighted by atomic mass is 9.82. The number of aromatic carboxylic acids is 1. The molecule has 0 bridgehead atoms. The zero-order valence-electron chi connectivity index (χ0n) is 41.7. The highest BCUT2D eigenvalue weighted by atomic mass is 32.1. The number of anilines is 3. The molecule has 0 radical (unpaired) electrons. The number of fused-ring (bicyclic) bond motifs is 3. The van der Waals surface area contributed by atoms with Gasteiger partial charge in [-0.05, 0) is 135 Å². The van der Waals surface area contributed by atoms with Crippen molar-refractivity contribution in [1.29, 1.82) is 0 Å². The molecule has 11 rings (SSSR count). The fraction of sp³-hybridized carbons (Fsp3) is 0.404. The second kappa shape index (κ2) is 20.6. The van der Waals surface area contributed by atoms with E-state index in [0.717, 1.165) is 119 Å². The maximum Gasteiger partial charge on any atom is 0.355 e. The summed E-state index contributed by atoms with van der Waals surface area (Å²) in [6, 6.07) is 29.5. The van der Waals surface area contributed by atoms with Crippen LogP contribution in [0.3, 0.4) is 0 Å². The van der Waals surface area contributed by atoms with Crippen molar-refractivity contribution in [2.24, 2.45) is 18.9 Å². The average Bonchev–Trinajstić information content (AvgIpc) is 3.97. The first kappa shape index (κ1) is 48.4. The number of piperazine rings is 1. The summed E-state index contributed by atoms with van der Waals surface area (Å²) >= 11 is 1.44. The molecule has 3 fully saturated rings. The Hall–Kier alpha value is -6.88. The Labute approximate surface area is 429 Å². The number of carboxylic acid groups (broad SMARTS) is 1. The molecule has 0 spiro atoms. The average molecular weight is 1000 g/mol. The van der Waals surface area contributed by atoms with Crippen molar-refractivity contribution in [3.8, 4) is 16.9 Å². The van der Waals surface area contributed by atoms with Gasteiger partial charge in [-0.1, -0.05) is 66.8 Å². The van der Waals surface area contributed by atoms with Crippen LogP contribution in [0.5, 0.6) is 5.75 Å². The van der Waals surface area contributed by atoms with Crippen LogP contribution in [-0.4, -0.2) is 104 Å². The molecule has 3 aliphatic heterocycles. The number of benzene rings is 4. The molecule has 1 aliphatic carbocycles. The van der Waals surface area contributed by atoms with Gasteiger partial charge in [0.2, 0.25) is 5.91 Å². The third-order valence-corrected chi connectivity index (χ3v) is 16.6. The Balaban J connectivity index is 0.680. The number of hydrogen-bond acceptors (Lipinski definition) is 12. The number of hydrogen-bond donors (Lipinski definition) is 4. The van der Waals surface area contributed by atoms with Crippen LogP contribution in [0.25, 0.3) is 32.2 Å². The monoisotopic (exact) mass is 1000 g/mol. The third kappa shape index (κ3) is 9.99. The van der Waals surface area contributed by atoms with Crippen LogP contribution in [0.4, 0.5) is 16.6 Å². The highest BCUT2D eigenvalue weighted by Gasteiger charge is 2.34. The molecule has 1 saturated carbocycles. The van der Waals surface area contributed by atoms with E-state index in [4.69, 9.17) is 14.8 Å². The fourth-order valence-electron chi connectivity index (χ4n) is 11.9. The van der Waals surface area contributed by atoms with Gasteiger partial charge in [0.25, 0.3) is 5.91 Å². The molecule has 15 nitrogen and oxygen atoms in total. The maximum absolute atomic E-state index is 13.7. The molecule has 73 heavy (non-hydrogen) atoms. The van der Waals surface area contributed by atoms with E-state index in [9.17, 15) is 24.6 Å². The number of piperidine rings is 1. The first-order valence-electron chi connectivity index (χ1n) is 25.9. The van der Waals surface area contributed by atoms with Crippen LogP contribution in [0.2, 0.25) is 0 Å². The van der Waals surface area contributed by atoms with E-state index in [0.29, 0.717) is 66.3 Å². The molecule has 7 aromatic rings. The molecular weight excluding hydrogens is 939 g/mol. The number of rotatable bonds is 13. The summed E-state index contributed by atoms with van der Waals surface area (Å²) in [5.74, 6) is 0.696. The number of aromatic nitrogens is 4. The van der Waals surface area contributed by atoms with Gasteiger partial charge in [-0.2, -0.15) is 5.10 Å². The maximum atomic E-state index is 13.7. The molecule has 4 aromatic carbocycles. The highest BCUT2D eigenvalue weighted by molar-refractivity contribution is 7.22. The number of ether oxygens (including phenoxy) is 1. The van der Waals surface area contributed by atoms with Crippen LogP contribution in [0.15, 0.2) is 91.0 Å². The van der Waals surface area contributed by atoms with E-state index in [1.54, 1.807) is 0 Å². The van der Waals surface area contributed by atoms with Crippen LogP contribution < -0.4 is 25.2 Å². The molecule has 3 aromatic heterocycles. The molecule has 3 atom stereocenters. The summed E-state index contributed by atoms with van der Waals surface area (Å²) in [7, 11) is 1.96. The molecule has 2 unspecified atom stereocenters. The minimum atomic E-state index is -1.10. The number of aryl methyl sites for hydroxylation is 1. The highest BCUT2D eigenvalue weighted by Crippen LogP contribution is 2.39. The molecule has 4 aliphatic rings. The molecule has 2 saturated heterocycles. The summed E-state index contributed by atoms with van der Waals surface area (Å²) in [6.07, 6.45) is 6.48. The van der Waals surface area contributed by atoms with Crippen molar-refractivity contribution in [3.05, 3.63) is 125 Å². The number of carbonyl (C=O) groups is 3. The van der Waals surface area contributed by atoms with Crippen LogP contribution in [0.1, 0.15) is 101 Å². The van der Waals surface area contributed by atoms with Gasteiger partial charge in [-0.3, -0.25) is 24.5 Å². The van der Waals surface area contributed by atoms with Crippen LogP contribution >= 0.6 is 11.3 Å². The number of carboxylic acids is 1. The zero-order valence-corrected chi connectivity index (χ0v) is 42.5. The molecule has 2 amide bonds. The van der Waals surface area contributed by atoms with Gasteiger partial charge in [0.1, 0.15) is 17.8 Å². The lowest BCUT2D eigenvalue weighted by Gasteiger charge is -2.38. The van der Waals surface area contributed by atoms with Crippen molar-refractivity contribution in [1.82, 2.24) is 30.0 Å². The van der Waals surface area contributed by atoms with Crippen molar-refractivity contribution in [3.63, 3.8) is 0 Å². The number of amides is 2. The van der Waals surface area contributed by atoms with Crippen LogP contribution in [0, 0.1) is 18.8 Å². The number of thiazole rings is 1. The van der Waals surface area contributed by atoms with Crippen molar-refractivity contribution >= 4 is 66.9 Å². The number of nitrogens with one attached hydrogen (secondary N) is 2. The van der Waals surface area contributed by atoms with E-state index in [2.05, 4.69) is 61.5 Å². The lowest BCUT2D eigenvalue weighted by molar-refractivity contribution is -0.128. The summed E-state index contributed by atoms with van der Waals surface area (Å²) < 4.78 is 9.64. The Kier molecular flexibility index (Phi) is 13.6. The minimum absolute atomic E-state index is 0.0199. The number of carbonyl (C=O) groups excluding carboxylic acids is 2. The van der Waals surface area contributed by atoms with E-state index in [-0.39, 0.29) is 29.5 Å². The number of para-hydroxylation sites is 2. The number of aliphatic hydroxyl groups is 1. The van der Waals surface area contributed by atoms with E-state index in [1.807, 2.05) is 85.4 Å². The summed E-state index contributed by atoms with van der Waals surface area (Å²) in [6.45, 7) is 10.4. The topological polar surface area (TPSA) is 178 Å². The number of nitrogens with zero attached hydrogens (tertiary/aromatic N) is 7. The van der Waals surface area contributed by atoms with E-state index in [1.165, 1.54) is 17.8 Å². The quantitative estimate of drug-likeness (QED) is 0.0863. The predicted molar refractivity (Wildman–Crippen MR) is 286 cm³/mol. The number of pyridine rings is 1. The summed E-state index contributed by atoms with van der Waals surface area (Å²) in [4.78, 5) is 55.9. The Morgan fingerprint density at radius 3 is 2.45 bits per heavy atom. The van der Waals surface area contributed by atoms with Gasteiger partial charge < -0.3 is 30.1 Å². The van der Waals surface area contributed by atoms with Crippen LogP contribution in [-0.2, 0) is 24.8 Å². The Bertz CT molecular complexity index is 3180. The largest absolute Gasteiger partial charge is 0.490 e. The first-order valence-corrected chi connectivity index (χ1v) is 26.7. The van der Waals surface area contributed by atoms with Gasteiger partial charge in [-0.25, -0.2) is 14.8 Å². The first-order chi connectivity index (χ1) is 35.4. The van der Waals surface area contributed by atoms with Crippen molar-refractivity contribution < 1.29 is 29.3 Å². The molecule has 378 valence electrons. The Morgan fingerprint density at radius 2 is 1.66 bits per heavy atom. The second-order valence-corrected chi connectivity index (χ2v) is 21.6. The lowest BCUT2D eigenvalue weighted by Crippen LogP contribution is -2.47. The smallest absolute Gasteiger partial charge is 0.355 e. The predicted octanol–water partition coefficient (Wildman–Crippen LogP) is 9.16. The molecule has 4 N–H and O–H groups in total. The normalized spacial score (nSPS) is 21.0. The van der Waals surface area contributed by atoms with E-state index < -0.39 is 12.2 Å². The summed E-state index contributed by atoms with van der Waals surface area (Å²) in [5, 5.41) is 32.6. The Morgan fingerprint density at radius 1 is 0.863 bits per heavy atom.